The minimum absolute atomic E-state index is 0.123. The van der Waals surface area contributed by atoms with Crippen molar-refractivity contribution in [2.45, 2.75) is 30.4 Å². The van der Waals surface area contributed by atoms with E-state index in [1.165, 1.54) is 4.88 Å². The fourth-order valence-corrected chi connectivity index (χ4v) is 3.83. The summed E-state index contributed by atoms with van der Waals surface area (Å²) in [6.07, 6.45) is 2.15. The molecule has 0 saturated carbocycles. The highest BCUT2D eigenvalue weighted by Crippen LogP contribution is 2.28. The number of hydrogen-bond donors (Lipinski definition) is 0. The maximum Gasteiger partial charge on any atom is 0.254 e. The van der Waals surface area contributed by atoms with E-state index in [-0.39, 0.29) is 5.91 Å². The molecule has 0 atom stereocenters. The summed E-state index contributed by atoms with van der Waals surface area (Å²) in [5.74, 6) is 1.04. The molecular weight excluding hydrogens is 298 g/mol. The molecule has 0 N–H and O–H groups in total. The van der Waals surface area contributed by atoms with E-state index in [1.807, 2.05) is 36.2 Å². The second-order valence-corrected chi connectivity index (χ2v) is 6.99. The van der Waals surface area contributed by atoms with Gasteiger partial charge in [-0.3, -0.25) is 4.79 Å². The number of rotatable bonds is 7. The molecule has 21 heavy (non-hydrogen) atoms. The first kappa shape index (κ1) is 16.1. The predicted molar refractivity (Wildman–Crippen MR) is 92.2 cm³/mol. The SMILES string of the molecule is CCCCN(C)C(=O)c1ccccc1SCc1cccs1. The second-order valence-electron chi connectivity index (χ2n) is 4.94. The Morgan fingerprint density at radius 3 is 2.76 bits per heavy atom. The van der Waals surface area contributed by atoms with E-state index in [0.29, 0.717) is 0 Å². The molecule has 0 aliphatic carbocycles. The molecule has 1 heterocycles. The van der Waals surface area contributed by atoms with E-state index in [4.69, 9.17) is 0 Å². The van der Waals surface area contributed by atoms with Gasteiger partial charge in [0.2, 0.25) is 0 Å². The third-order valence-electron chi connectivity index (χ3n) is 3.26. The predicted octanol–water partition coefficient (Wildman–Crippen LogP) is 4.91. The van der Waals surface area contributed by atoms with Crippen molar-refractivity contribution in [3.63, 3.8) is 0 Å². The first-order valence-electron chi connectivity index (χ1n) is 7.22. The molecule has 0 bridgehead atoms. The summed E-state index contributed by atoms with van der Waals surface area (Å²) in [7, 11) is 1.89. The lowest BCUT2D eigenvalue weighted by atomic mass is 10.2. The van der Waals surface area contributed by atoms with Crippen molar-refractivity contribution in [1.82, 2.24) is 4.90 Å². The fraction of sp³-hybridized carbons (Fsp3) is 0.353. The summed E-state index contributed by atoms with van der Waals surface area (Å²) >= 11 is 3.49. The minimum Gasteiger partial charge on any atom is -0.342 e. The average molecular weight is 319 g/mol. The van der Waals surface area contributed by atoms with Gasteiger partial charge in [0.15, 0.2) is 0 Å². The number of amides is 1. The standard InChI is InChI=1S/C17H21NOS2/c1-3-4-11-18(2)17(19)15-9-5-6-10-16(15)21-13-14-8-7-12-20-14/h5-10,12H,3-4,11,13H2,1-2H3. The summed E-state index contributed by atoms with van der Waals surface area (Å²) in [5, 5.41) is 2.09. The van der Waals surface area contributed by atoms with Gasteiger partial charge in [-0.15, -0.1) is 23.1 Å². The van der Waals surface area contributed by atoms with Crippen LogP contribution >= 0.6 is 23.1 Å². The summed E-state index contributed by atoms with van der Waals surface area (Å²) in [6, 6.07) is 12.1. The molecule has 4 heteroatoms. The van der Waals surface area contributed by atoms with Crippen LogP contribution in [0, 0.1) is 0 Å². The average Bonchev–Trinajstić information content (AvgIpc) is 3.03. The van der Waals surface area contributed by atoms with Gasteiger partial charge in [-0.1, -0.05) is 31.5 Å². The third-order valence-corrected chi connectivity index (χ3v) is 5.44. The molecule has 0 fully saturated rings. The topological polar surface area (TPSA) is 20.3 Å². The van der Waals surface area contributed by atoms with Crippen LogP contribution in [0.5, 0.6) is 0 Å². The molecule has 0 unspecified atom stereocenters. The Labute approximate surface area is 135 Å². The van der Waals surface area contributed by atoms with Crippen molar-refractivity contribution in [2.75, 3.05) is 13.6 Å². The molecule has 2 aromatic rings. The van der Waals surface area contributed by atoms with Crippen LogP contribution in [0.3, 0.4) is 0 Å². The molecule has 2 nitrogen and oxygen atoms in total. The van der Waals surface area contributed by atoms with E-state index >= 15 is 0 Å². The van der Waals surface area contributed by atoms with Gasteiger partial charge in [-0.25, -0.2) is 0 Å². The molecule has 0 spiro atoms. The number of thiophene rings is 1. The highest BCUT2D eigenvalue weighted by molar-refractivity contribution is 7.98. The number of hydrogen-bond acceptors (Lipinski definition) is 3. The Kier molecular flexibility index (Phi) is 6.33. The molecule has 1 amide bonds. The Bertz CT molecular complexity index is 566. The normalized spacial score (nSPS) is 10.6. The molecule has 2 rings (SSSR count). The van der Waals surface area contributed by atoms with Crippen LogP contribution in [0.2, 0.25) is 0 Å². The Balaban J connectivity index is 2.07. The molecule has 0 radical (unpaired) electrons. The van der Waals surface area contributed by atoms with Gasteiger partial charge in [0.1, 0.15) is 0 Å². The largest absolute Gasteiger partial charge is 0.342 e. The maximum atomic E-state index is 12.5. The van der Waals surface area contributed by atoms with Crippen molar-refractivity contribution in [2.24, 2.45) is 0 Å². The zero-order chi connectivity index (χ0) is 15.1. The fourth-order valence-electron chi connectivity index (χ4n) is 2.02. The quantitative estimate of drug-likeness (QED) is 0.676. The number of thioether (sulfide) groups is 1. The van der Waals surface area contributed by atoms with E-state index in [9.17, 15) is 4.79 Å². The molecular formula is C17H21NOS2. The van der Waals surface area contributed by atoms with Crippen LogP contribution < -0.4 is 0 Å². The molecule has 0 aliphatic rings. The van der Waals surface area contributed by atoms with Crippen LogP contribution in [0.1, 0.15) is 35.0 Å². The Morgan fingerprint density at radius 2 is 2.05 bits per heavy atom. The van der Waals surface area contributed by atoms with Crippen molar-refractivity contribution in [3.05, 3.63) is 52.2 Å². The lowest BCUT2D eigenvalue weighted by Crippen LogP contribution is -2.28. The number of benzene rings is 1. The maximum absolute atomic E-state index is 12.5. The Hall–Kier alpha value is -1.26. The van der Waals surface area contributed by atoms with Gasteiger partial charge in [0, 0.05) is 29.1 Å². The van der Waals surface area contributed by atoms with Crippen LogP contribution in [0.4, 0.5) is 0 Å². The minimum atomic E-state index is 0.123. The second kappa shape index (κ2) is 8.25. The molecule has 1 aromatic carbocycles. The van der Waals surface area contributed by atoms with Gasteiger partial charge in [0.05, 0.1) is 5.56 Å². The first-order valence-corrected chi connectivity index (χ1v) is 9.08. The van der Waals surface area contributed by atoms with Gasteiger partial charge in [-0.2, -0.15) is 0 Å². The van der Waals surface area contributed by atoms with E-state index < -0.39 is 0 Å². The van der Waals surface area contributed by atoms with Gasteiger partial charge >= 0.3 is 0 Å². The monoisotopic (exact) mass is 319 g/mol. The lowest BCUT2D eigenvalue weighted by molar-refractivity contribution is 0.0790. The van der Waals surface area contributed by atoms with Crippen molar-refractivity contribution in [3.8, 4) is 0 Å². The lowest BCUT2D eigenvalue weighted by Gasteiger charge is -2.18. The van der Waals surface area contributed by atoms with E-state index in [0.717, 1.165) is 35.6 Å². The molecule has 112 valence electrons. The summed E-state index contributed by atoms with van der Waals surface area (Å²) in [5.41, 5.74) is 0.817. The van der Waals surface area contributed by atoms with Gasteiger partial charge in [0.25, 0.3) is 5.91 Å². The van der Waals surface area contributed by atoms with Crippen molar-refractivity contribution >= 4 is 29.0 Å². The summed E-state index contributed by atoms with van der Waals surface area (Å²) in [6.45, 7) is 2.96. The van der Waals surface area contributed by atoms with Crippen LogP contribution in [0.15, 0.2) is 46.7 Å². The van der Waals surface area contributed by atoms with Crippen molar-refractivity contribution in [1.29, 1.82) is 0 Å². The van der Waals surface area contributed by atoms with Gasteiger partial charge in [-0.05, 0) is 30.0 Å². The van der Waals surface area contributed by atoms with Gasteiger partial charge < -0.3 is 4.90 Å². The number of unbranched alkanes of at least 4 members (excludes halogenated alkanes) is 1. The van der Waals surface area contributed by atoms with Crippen LogP contribution in [-0.4, -0.2) is 24.4 Å². The molecule has 1 aromatic heterocycles. The number of carbonyl (C=O) groups excluding carboxylic acids is 1. The zero-order valence-corrected chi connectivity index (χ0v) is 14.2. The van der Waals surface area contributed by atoms with Crippen LogP contribution in [0.25, 0.3) is 0 Å². The van der Waals surface area contributed by atoms with E-state index in [1.54, 1.807) is 23.1 Å². The first-order chi connectivity index (χ1) is 10.2. The molecule has 0 saturated heterocycles. The zero-order valence-electron chi connectivity index (χ0n) is 12.5. The third kappa shape index (κ3) is 4.61. The number of carbonyl (C=O) groups is 1. The summed E-state index contributed by atoms with van der Waals surface area (Å²) in [4.78, 5) is 16.8. The Morgan fingerprint density at radius 1 is 1.24 bits per heavy atom. The summed E-state index contributed by atoms with van der Waals surface area (Å²) < 4.78 is 0. The van der Waals surface area contributed by atoms with E-state index in [2.05, 4.69) is 24.4 Å². The van der Waals surface area contributed by atoms with Crippen LogP contribution in [-0.2, 0) is 5.75 Å². The molecule has 0 aliphatic heterocycles. The highest BCUT2D eigenvalue weighted by atomic mass is 32.2. The van der Waals surface area contributed by atoms with Crippen molar-refractivity contribution < 1.29 is 4.79 Å². The smallest absolute Gasteiger partial charge is 0.254 e. The number of nitrogens with zero attached hydrogens (tertiary/aromatic N) is 1. The highest BCUT2D eigenvalue weighted by Gasteiger charge is 2.15.